The molecule has 7 aromatic rings. The van der Waals surface area contributed by atoms with Crippen LogP contribution >= 0.6 is 0 Å². The van der Waals surface area contributed by atoms with E-state index >= 15 is 9.18 Å². The summed E-state index contributed by atoms with van der Waals surface area (Å²) < 4.78 is 58.5. The van der Waals surface area contributed by atoms with Gasteiger partial charge in [-0.15, -0.1) is 0 Å². The molecule has 63 heavy (non-hydrogen) atoms. The van der Waals surface area contributed by atoms with Gasteiger partial charge in [-0.2, -0.15) is 5.10 Å². The average molecular weight is 876 g/mol. The third-order valence-electron chi connectivity index (χ3n) is 13.1. The van der Waals surface area contributed by atoms with Crippen LogP contribution in [-0.2, 0) is 26.7 Å². The number of benzene rings is 3. The lowest BCUT2D eigenvalue weighted by Crippen LogP contribution is -2.46. The number of rotatable bonds is 9. The van der Waals surface area contributed by atoms with Gasteiger partial charge in [-0.3, -0.25) is 28.2 Å². The molecule has 16 nitrogen and oxygen atoms in total. The summed E-state index contributed by atoms with van der Waals surface area (Å²) >= 11 is 0. The first-order chi connectivity index (χ1) is 30.2. The number of hydrogen-bond acceptors (Lipinski definition) is 9. The first-order valence-corrected chi connectivity index (χ1v) is 23.0. The fourth-order valence-corrected chi connectivity index (χ4v) is 10.4. The van der Waals surface area contributed by atoms with Crippen molar-refractivity contribution in [2.45, 2.75) is 76.8 Å². The van der Waals surface area contributed by atoms with E-state index in [1.54, 1.807) is 72.2 Å². The van der Waals surface area contributed by atoms with Gasteiger partial charge in [0, 0.05) is 60.7 Å². The standard InChI is InChI=1S/C45H46FN9O7S/c1-26-22-34(23-27(2)39(26)46)55-40(53-19-18-52(44(53)58)33-9-7-32(8-10-33)50-63(4,59)60)38-28(3)51(17-12-35(38)48-55)41(56)37-25-31-24-30(29-13-20-61-21-14-29)6-11-36(31)54(37)45(15-5-16-45)42-47-43(57)62-49-42/h6-11,18-19,22-25,28-29,50H,5,12-17,20-21H2,1-4H3,(H,47,49,57). The van der Waals surface area contributed by atoms with E-state index < -0.39 is 33.0 Å². The highest BCUT2D eigenvalue weighted by Gasteiger charge is 2.48. The molecule has 2 fully saturated rings. The first kappa shape index (κ1) is 40.5. The van der Waals surface area contributed by atoms with Gasteiger partial charge in [0.05, 0.1) is 29.4 Å². The second kappa shape index (κ2) is 15.1. The molecule has 0 bridgehead atoms. The lowest BCUT2D eigenvalue weighted by atomic mass is 9.75. The second-order valence-electron chi connectivity index (χ2n) is 17.1. The minimum absolute atomic E-state index is 0.242. The molecule has 1 unspecified atom stereocenters. The van der Waals surface area contributed by atoms with Crippen LogP contribution in [-0.4, -0.2) is 78.9 Å². The van der Waals surface area contributed by atoms with Gasteiger partial charge in [-0.1, -0.05) is 11.2 Å². The van der Waals surface area contributed by atoms with Gasteiger partial charge in [-0.05, 0) is 130 Å². The monoisotopic (exact) mass is 875 g/mol. The van der Waals surface area contributed by atoms with E-state index in [-0.39, 0.29) is 11.7 Å². The van der Waals surface area contributed by atoms with Gasteiger partial charge < -0.3 is 14.2 Å². The molecule has 3 aliphatic rings. The molecule has 3 aromatic carbocycles. The fraction of sp³-hybridized carbons (Fsp3) is 0.356. The van der Waals surface area contributed by atoms with Gasteiger partial charge in [0.15, 0.2) is 5.82 Å². The quantitative estimate of drug-likeness (QED) is 0.172. The number of aryl methyl sites for hydroxylation is 2. The van der Waals surface area contributed by atoms with Crippen LogP contribution in [0.1, 0.15) is 95.2 Å². The van der Waals surface area contributed by atoms with E-state index in [0.717, 1.165) is 36.4 Å². The molecule has 2 aliphatic heterocycles. The summed E-state index contributed by atoms with van der Waals surface area (Å²) in [6.07, 6.45) is 8.60. The van der Waals surface area contributed by atoms with Crippen molar-refractivity contribution in [3.63, 3.8) is 0 Å². The van der Waals surface area contributed by atoms with E-state index in [2.05, 4.69) is 33.1 Å². The van der Waals surface area contributed by atoms with Crippen LogP contribution in [0, 0.1) is 19.7 Å². The Morgan fingerprint density at radius 1 is 0.952 bits per heavy atom. The van der Waals surface area contributed by atoms with E-state index in [1.165, 1.54) is 14.7 Å². The zero-order valence-corrected chi connectivity index (χ0v) is 36.0. The molecule has 10 rings (SSSR count). The second-order valence-corrected chi connectivity index (χ2v) is 18.8. The van der Waals surface area contributed by atoms with E-state index in [1.807, 2.05) is 17.6 Å². The fourth-order valence-electron chi connectivity index (χ4n) is 9.82. The van der Waals surface area contributed by atoms with Crippen LogP contribution in [0.15, 0.2) is 87.2 Å². The van der Waals surface area contributed by atoms with Crippen LogP contribution in [0.3, 0.4) is 0 Å². The molecule has 18 heteroatoms. The summed E-state index contributed by atoms with van der Waals surface area (Å²) in [5.41, 5.74) is 4.73. The molecular formula is C45H46FN9O7S. The molecule has 4 aromatic heterocycles. The number of halogens is 1. The van der Waals surface area contributed by atoms with Gasteiger partial charge >= 0.3 is 11.4 Å². The highest BCUT2D eigenvalue weighted by Crippen LogP contribution is 2.47. The molecule has 1 saturated carbocycles. The van der Waals surface area contributed by atoms with Crippen molar-refractivity contribution in [1.29, 1.82) is 0 Å². The predicted molar refractivity (Wildman–Crippen MR) is 232 cm³/mol. The Kier molecular flexibility index (Phi) is 9.70. The Labute approximate surface area is 360 Å². The molecule has 0 radical (unpaired) electrons. The summed E-state index contributed by atoms with van der Waals surface area (Å²) in [6.45, 7) is 6.98. The number of carbonyl (C=O) groups is 1. The van der Waals surface area contributed by atoms with Crippen molar-refractivity contribution in [1.82, 2.24) is 38.5 Å². The van der Waals surface area contributed by atoms with E-state index in [9.17, 15) is 18.0 Å². The maximum absolute atomic E-state index is 15.4. The molecule has 6 heterocycles. The maximum atomic E-state index is 15.4. The number of sulfonamides is 1. The number of H-pyrrole nitrogens is 1. The number of aromatic amines is 1. The summed E-state index contributed by atoms with van der Waals surface area (Å²) in [5, 5.41) is 10.1. The number of carbonyl (C=O) groups excluding carboxylic acids is 1. The van der Waals surface area contributed by atoms with Crippen LogP contribution in [0.25, 0.3) is 28.1 Å². The van der Waals surface area contributed by atoms with Crippen LogP contribution in [0.2, 0.25) is 0 Å². The Balaban J connectivity index is 1.10. The summed E-state index contributed by atoms with van der Waals surface area (Å²) in [6, 6.07) is 17.5. The number of fused-ring (bicyclic) bond motifs is 2. The largest absolute Gasteiger partial charge is 0.438 e. The van der Waals surface area contributed by atoms with Crippen molar-refractivity contribution in [3.8, 4) is 17.2 Å². The molecule has 1 saturated heterocycles. The van der Waals surface area contributed by atoms with Crippen molar-refractivity contribution in [3.05, 3.63) is 139 Å². The minimum atomic E-state index is -3.51. The van der Waals surface area contributed by atoms with Crippen molar-refractivity contribution in [2.24, 2.45) is 0 Å². The minimum Gasteiger partial charge on any atom is -0.381 e. The van der Waals surface area contributed by atoms with Crippen LogP contribution in [0.5, 0.6) is 0 Å². The third kappa shape index (κ3) is 6.82. The molecule has 326 valence electrons. The van der Waals surface area contributed by atoms with Crippen LogP contribution in [0.4, 0.5) is 10.1 Å². The van der Waals surface area contributed by atoms with Crippen molar-refractivity contribution in [2.75, 3.05) is 30.7 Å². The number of aromatic nitrogens is 7. The summed E-state index contributed by atoms with van der Waals surface area (Å²) in [7, 11) is -3.51. The Morgan fingerprint density at radius 3 is 2.32 bits per heavy atom. The molecule has 1 amide bonds. The molecule has 2 N–H and O–H groups in total. The van der Waals surface area contributed by atoms with E-state index in [0.29, 0.717) is 102 Å². The van der Waals surface area contributed by atoms with Gasteiger partial charge in [-0.25, -0.2) is 27.1 Å². The van der Waals surface area contributed by atoms with Crippen molar-refractivity contribution < 1.29 is 26.9 Å². The molecule has 1 atom stereocenters. The zero-order valence-electron chi connectivity index (χ0n) is 35.2. The van der Waals surface area contributed by atoms with Gasteiger partial charge in [0.25, 0.3) is 5.91 Å². The topological polar surface area (TPSA) is 184 Å². The molecular weight excluding hydrogens is 830 g/mol. The highest BCUT2D eigenvalue weighted by molar-refractivity contribution is 7.92. The smallest absolute Gasteiger partial charge is 0.381 e. The number of amides is 1. The van der Waals surface area contributed by atoms with Crippen molar-refractivity contribution >= 4 is 32.5 Å². The SMILES string of the molecule is Cc1cc(-n2nc3c(c2-n2ccn(-c4ccc(NS(C)(=O)=O)cc4)c2=O)C(C)N(C(=O)c2cc4cc(C5CCOCC5)ccc4n2C2(c4noc(=O)[nH]4)CCC2)CC3)cc(C)c1F. The Bertz CT molecular complexity index is 3160. The van der Waals surface area contributed by atoms with Gasteiger partial charge in [0.1, 0.15) is 22.9 Å². The van der Waals surface area contributed by atoms with Gasteiger partial charge in [0.2, 0.25) is 10.0 Å². The lowest BCUT2D eigenvalue weighted by molar-refractivity contribution is 0.0648. The lowest BCUT2D eigenvalue weighted by Gasteiger charge is -2.43. The average Bonchev–Trinajstić information content (AvgIpc) is 4.04. The zero-order chi connectivity index (χ0) is 43.9. The number of hydrogen-bond donors (Lipinski definition) is 2. The molecule has 0 spiro atoms. The number of ether oxygens (including phenoxy) is 1. The molecule has 1 aliphatic carbocycles. The summed E-state index contributed by atoms with van der Waals surface area (Å²) in [5.74, 6) is -0.152. The number of nitrogens with one attached hydrogen (secondary N) is 2. The van der Waals surface area contributed by atoms with Crippen LogP contribution < -0.4 is 16.2 Å². The normalized spacial score (nSPS) is 17.8. The summed E-state index contributed by atoms with van der Waals surface area (Å²) in [4.78, 5) is 46.9. The number of anilines is 1. The third-order valence-corrected chi connectivity index (χ3v) is 13.7. The Morgan fingerprint density at radius 2 is 1.67 bits per heavy atom. The highest BCUT2D eigenvalue weighted by atomic mass is 32.2. The first-order valence-electron chi connectivity index (χ1n) is 21.1. The Hall–Kier alpha value is -6.53. The maximum Gasteiger partial charge on any atom is 0.438 e. The van der Waals surface area contributed by atoms with E-state index in [4.69, 9.17) is 14.4 Å². The number of imidazole rings is 1. The number of nitrogens with zero attached hydrogens (tertiary/aromatic N) is 7. The predicted octanol–water partition coefficient (Wildman–Crippen LogP) is 6.15.